The van der Waals surface area contributed by atoms with Gasteiger partial charge in [-0.1, -0.05) is 30.3 Å². The van der Waals surface area contributed by atoms with Crippen molar-refractivity contribution in [3.63, 3.8) is 0 Å². The maximum atomic E-state index is 13.2. The molecular weight excluding hydrogens is 422 g/mol. The summed E-state index contributed by atoms with van der Waals surface area (Å²) >= 11 is 0. The molecule has 0 radical (unpaired) electrons. The van der Waals surface area contributed by atoms with E-state index in [9.17, 15) is 19.2 Å². The van der Waals surface area contributed by atoms with E-state index >= 15 is 0 Å². The van der Waals surface area contributed by atoms with Crippen molar-refractivity contribution >= 4 is 35.0 Å². The SMILES string of the molecule is COc1ccc(NC(=O)CN(C(=O)CN2C(=O)c3ccccc3C2=O)c2ccccc2)cc1. The van der Waals surface area contributed by atoms with Crippen molar-refractivity contribution in [3.05, 3.63) is 90.0 Å². The molecule has 166 valence electrons. The number of nitrogens with one attached hydrogen (secondary N) is 1. The maximum absolute atomic E-state index is 13.2. The van der Waals surface area contributed by atoms with E-state index in [0.29, 0.717) is 17.1 Å². The number of fused-ring (bicyclic) bond motifs is 1. The smallest absolute Gasteiger partial charge is 0.262 e. The van der Waals surface area contributed by atoms with Gasteiger partial charge in [-0.2, -0.15) is 0 Å². The summed E-state index contributed by atoms with van der Waals surface area (Å²) in [6.07, 6.45) is 0. The predicted molar refractivity (Wildman–Crippen MR) is 122 cm³/mol. The highest BCUT2D eigenvalue weighted by Crippen LogP contribution is 2.23. The number of carbonyl (C=O) groups is 4. The lowest BCUT2D eigenvalue weighted by Crippen LogP contribution is -2.45. The Morgan fingerprint density at radius 2 is 1.42 bits per heavy atom. The Labute approximate surface area is 190 Å². The van der Waals surface area contributed by atoms with Gasteiger partial charge in [-0.05, 0) is 48.5 Å². The fourth-order valence-corrected chi connectivity index (χ4v) is 3.55. The van der Waals surface area contributed by atoms with Gasteiger partial charge in [0.05, 0.1) is 18.2 Å². The van der Waals surface area contributed by atoms with Gasteiger partial charge in [-0.3, -0.25) is 24.1 Å². The fourth-order valence-electron chi connectivity index (χ4n) is 3.55. The van der Waals surface area contributed by atoms with Crippen molar-refractivity contribution < 1.29 is 23.9 Å². The van der Waals surface area contributed by atoms with E-state index in [1.807, 2.05) is 0 Å². The van der Waals surface area contributed by atoms with Gasteiger partial charge in [0.2, 0.25) is 11.8 Å². The number of hydrogen-bond donors (Lipinski definition) is 1. The molecule has 4 rings (SSSR count). The van der Waals surface area contributed by atoms with Crippen molar-refractivity contribution in [1.29, 1.82) is 0 Å². The number of carbonyl (C=O) groups excluding carboxylic acids is 4. The number of benzene rings is 3. The average Bonchev–Trinajstić information content (AvgIpc) is 3.08. The van der Waals surface area contributed by atoms with Crippen molar-refractivity contribution in [2.45, 2.75) is 0 Å². The molecule has 3 aromatic rings. The molecule has 1 N–H and O–H groups in total. The zero-order chi connectivity index (χ0) is 23.4. The van der Waals surface area contributed by atoms with Crippen molar-refractivity contribution in [2.24, 2.45) is 0 Å². The minimum Gasteiger partial charge on any atom is -0.497 e. The lowest BCUT2D eigenvalue weighted by molar-refractivity contribution is -0.121. The Balaban J connectivity index is 1.51. The summed E-state index contributed by atoms with van der Waals surface area (Å²) in [7, 11) is 1.55. The number of amides is 4. The lowest BCUT2D eigenvalue weighted by atomic mass is 10.1. The van der Waals surface area contributed by atoms with Crippen LogP contribution in [0, 0.1) is 0 Å². The molecule has 8 heteroatoms. The number of para-hydroxylation sites is 1. The van der Waals surface area contributed by atoms with Gasteiger partial charge in [0.1, 0.15) is 18.8 Å². The van der Waals surface area contributed by atoms with Crippen LogP contribution in [0.2, 0.25) is 0 Å². The highest BCUT2D eigenvalue weighted by molar-refractivity contribution is 6.23. The lowest BCUT2D eigenvalue weighted by Gasteiger charge is -2.24. The quantitative estimate of drug-likeness (QED) is 0.567. The van der Waals surface area contributed by atoms with Gasteiger partial charge in [-0.15, -0.1) is 0 Å². The first-order valence-electron chi connectivity index (χ1n) is 10.2. The first kappa shape index (κ1) is 21.8. The molecule has 0 aromatic heterocycles. The Hall–Kier alpha value is -4.46. The highest BCUT2D eigenvalue weighted by atomic mass is 16.5. The van der Waals surface area contributed by atoms with Crippen molar-refractivity contribution in [1.82, 2.24) is 4.90 Å². The molecule has 33 heavy (non-hydrogen) atoms. The van der Waals surface area contributed by atoms with Crippen molar-refractivity contribution in [3.8, 4) is 5.75 Å². The number of methoxy groups -OCH3 is 1. The van der Waals surface area contributed by atoms with Gasteiger partial charge in [0.15, 0.2) is 0 Å². The third-order valence-electron chi connectivity index (χ3n) is 5.22. The van der Waals surface area contributed by atoms with E-state index < -0.39 is 30.2 Å². The summed E-state index contributed by atoms with van der Waals surface area (Å²) in [6, 6.07) is 21.8. The molecule has 4 amide bonds. The van der Waals surface area contributed by atoms with Gasteiger partial charge in [0.25, 0.3) is 11.8 Å². The van der Waals surface area contributed by atoms with Crippen LogP contribution < -0.4 is 15.0 Å². The summed E-state index contributed by atoms with van der Waals surface area (Å²) in [6.45, 7) is -0.769. The molecule has 0 atom stereocenters. The number of hydrogen-bond acceptors (Lipinski definition) is 5. The standard InChI is InChI=1S/C25H21N3O5/c1-33-19-13-11-17(12-14-19)26-22(29)15-27(18-7-3-2-4-8-18)23(30)16-28-24(31)20-9-5-6-10-21(20)25(28)32/h2-14H,15-16H2,1H3,(H,26,29). The Bertz CT molecular complexity index is 1170. The normalized spacial score (nSPS) is 12.3. The molecule has 8 nitrogen and oxygen atoms in total. The Kier molecular flexibility index (Phi) is 6.17. The van der Waals surface area contributed by atoms with E-state index in [1.165, 1.54) is 4.90 Å². The zero-order valence-electron chi connectivity index (χ0n) is 17.9. The molecule has 1 heterocycles. The van der Waals surface area contributed by atoms with Crippen LogP contribution >= 0.6 is 0 Å². The number of ether oxygens (including phenoxy) is 1. The molecule has 3 aromatic carbocycles. The summed E-state index contributed by atoms with van der Waals surface area (Å²) in [5.74, 6) is -1.39. The van der Waals surface area contributed by atoms with Crippen LogP contribution in [0.1, 0.15) is 20.7 Å². The first-order chi connectivity index (χ1) is 16.0. The summed E-state index contributed by atoms with van der Waals surface area (Å²) in [5, 5.41) is 2.74. The van der Waals surface area contributed by atoms with E-state index in [-0.39, 0.29) is 17.7 Å². The topological polar surface area (TPSA) is 96.0 Å². The van der Waals surface area contributed by atoms with Crippen LogP contribution in [0.15, 0.2) is 78.9 Å². The second kappa shape index (κ2) is 9.35. The molecule has 1 aliphatic heterocycles. The van der Waals surface area contributed by atoms with Crippen LogP contribution in [0.4, 0.5) is 11.4 Å². The molecule has 0 unspecified atom stereocenters. The van der Waals surface area contributed by atoms with Gasteiger partial charge in [-0.25, -0.2) is 0 Å². The van der Waals surface area contributed by atoms with Crippen LogP contribution in [0.25, 0.3) is 0 Å². The molecule has 0 fully saturated rings. The molecule has 0 bridgehead atoms. The Morgan fingerprint density at radius 1 is 0.848 bits per heavy atom. The third-order valence-corrected chi connectivity index (χ3v) is 5.22. The Morgan fingerprint density at radius 3 is 2.00 bits per heavy atom. The minimum absolute atomic E-state index is 0.263. The molecule has 0 saturated carbocycles. The van der Waals surface area contributed by atoms with Crippen molar-refractivity contribution in [2.75, 3.05) is 30.4 Å². The van der Waals surface area contributed by atoms with Crippen LogP contribution in [0.5, 0.6) is 5.75 Å². The van der Waals surface area contributed by atoms with Crippen LogP contribution in [0.3, 0.4) is 0 Å². The monoisotopic (exact) mass is 443 g/mol. The maximum Gasteiger partial charge on any atom is 0.262 e. The third kappa shape index (κ3) is 4.59. The molecular formula is C25H21N3O5. The van der Waals surface area contributed by atoms with E-state index in [1.54, 1.807) is 86.0 Å². The summed E-state index contributed by atoms with van der Waals surface area (Å²) < 4.78 is 5.11. The number of nitrogens with zero attached hydrogens (tertiary/aromatic N) is 2. The number of imide groups is 1. The van der Waals surface area contributed by atoms with Gasteiger partial charge < -0.3 is 15.0 Å². The highest BCUT2D eigenvalue weighted by Gasteiger charge is 2.37. The largest absolute Gasteiger partial charge is 0.497 e. The van der Waals surface area contributed by atoms with Gasteiger partial charge >= 0.3 is 0 Å². The minimum atomic E-state index is -0.555. The molecule has 0 saturated heterocycles. The van der Waals surface area contributed by atoms with Crippen LogP contribution in [-0.4, -0.2) is 48.7 Å². The van der Waals surface area contributed by atoms with E-state index in [0.717, 1.165) is 4.90 Å². The van der Waals surface area contributed by atoms with E-state index in [4.69, 9.17) is 4.74 Å². The number of anilines is 2. The summed E-state index contributed by atoms with van der Waals surface area (Å²) in [5.41, 5.74) is 1.54. The zero-order valence-corrected chi connectivity index (χ0v) is 17.9. The molecule has 0 spiro atoms. The first-order valence-corrected chi connectivity index (χ1v) is 10.2. The molecule has 0 aliphatic carbocycles. The summed E-state index contributed by atoms with van der Waals surface area (Å²) in [4.78, 5) is 53.4. The predicted octanol–water partition coefficient (Wildman–Crippen LogP) is 2.96. The van der Waals surface area contributed by atoms with Gasteiger partial charge in [0, 0.05) is 11.4 Å². The molecule has 1 aliphatic rings. The number of rotatable bonds is 7. The second-order valence-corrected chi connectivity index (χ2v) is 7.33. The van der Waals surface area contributed by atoms with Crippen LogP contribution in [-0.2, 0) is 9.59 Å². The second-order valence-electron chi connectivity index (χ2n) is 7.33. The van der Waals surface area contributed by atoms with E-state index in [2.05, 4.69) is 5.32 Å². The average molecular weight is 443 g/mol. The fraction of sp³-hybridized carbons (Fsp3) is 0.120.